The minimum absolute atomic E-state index is 0.0376. The Labute approximate surface area is 155 Å². The Bertz CT molecular complexity index is 636. The van der Waals surface area contributed by atoms with E-state index in [-0.39, 0.29) is 17.8 Å². The maximum Gasteiger partial charge on any atom is 0.323 e. The fourth-order valence-corrected chi connectivity index (χ4v) is 4.44. The van der Waals surface area contributed by atoms with Gasteiger partial charge in [-0.3, -0.25) is 10.1 Å². The van der Waals surface area contributed by atoms with Gasteiger partial charge in [-0.25, -0.2) is 9.78 Å². The largest absolute Gasteiger partial charge is 0.481 e. The molecule has 0 aromatic carbocycles. The lowest BCUT2D eigenvalue weighted by molar-refractivity contribution is -0.133. The summed E-state index contributed by atoms with van der Waals surface area (Å²) in [5.74, 6) is -0.243. The molecule has 0 spiro atoms. The lowest BCUT2D eigenvalue weighted by Crippen LogP contribution is -2.45. The zero-order chi connectivity index (χ0) is 18.2. The summed E-state index contributed by atoms with van der Waals surface area (Å²) in [6, 6.07) is 2.02. The molecule has 1 fully saturated rings. The van der Waals surface area contributed by atoms with Gasteiger partial charge in [0.15, 0.2) is 5.13 Å². The number of nitrogens with zero attached hydrogens (tertiary/aromatic N) is 3. The molecule has 9 heteroatoms. The lowest BCUT2D eigenvalue weighted by Gasteiger charge is -2.35. The average Bonchev–Trinajstić information content (AvgIpc) is 3.02. The van der Waals surface area contributed by atoms with Crippen LogP contribution in [0.1, 0.15) is 39.0 Å². The molecule has 1 aliphatic rings. The number of aromatic nitrogens is 1. The van der Waals surface area contributed by atoms with Crippen LogP contribution in [-0.2, 0) is 4.79 Å². The number of hydrogen-bond acceptors (Lipinski definition) is 6. The Morgan fingerprint density at radius 3 is 2.84 bits per heavy atom. The fourth-order valence-electron chi connectivity index (χ4n) is 2.85. The molecule has 2 N–H and O–H groups in total. The van der Waals surface area contributed by atoms with Crippen molar-refractivity contribution in [3.8, 4) is 6.07 Å². The minimum atomic E-state index is -0.891. The van der Waals surface area contributed by atoms with Crippen LogP contribution in [0.15, 0.2) is 10.4 Å². The van der Waals surface area contributed by atoms with Crippen LogP contribution in [0.5, 0.6) is 0 Å². The number of carbonyl (C=O) groups is 2. The number of amides is 2. The van der Waals surface area contributed by atoms with E-state index in [0.717, 1.165) is 29.9 Å². The summed E-state index contributed by atoms with van der Waals surface area (Å²) in [5.41, 5.74) is 0. The molecule has 1 aromatic heterocycles. The third-order valence-electron chi connectivity index (χ3n) is 4.19. The highest BCUT2D eigenvalue weighted by Crippen LogP contribution is 2.30. The van der Waals surface area contributed by atoms with Gasteiger partial charge in [-0.2, -0.15) is 5.26 Å². The quantitative estimate of drug-likeness (QED) is 0.697. The first kappa shape index (κ1) is 19.5. The standard InChI is InChI=1S/C16H22N4O3S2/c1-11-3-5-12(6-4-11)20(8-2-7-17)16(23)19-15-18-9-14(25-15)24-10-13(21)22/h9,11-12H,2-6,8,10H2,1H3,(H,21,22)(H,18,19,23). The molecular formula is C16H22N4O3S2. The molecule has 1 heterocycles. The first-order chi connectivity index (χ1) is 12.0. The van der Waals surface area contributed by atoms with E-state index < -0.39 is 5.97 Å². The smallest absolute Gasteiger partial charge is 0.323 e. The normalized spacial score (nSPS) is 19.8. The molecule has 0 unspecified atom stereocenters. The number of nitriles is 1. The van der Waals surface area contributed by atoms with E-state index >= 15 is 0 Å². The topological polar surface area (TPSA) is 106 Å². The van der Waals surface area contributed by atoms with Crippen molar-refractivity contribution in [3.05, 3.63) is 6.20 Å². The molecule has 2 rings (SSSR count). The van der Waals surface area contributed by atoms with Crippen LogP contribution in [0.3, 0.4) is 0 Å². The molecule has 136 valence electrons. The summed E-state index contributed by atoms with van der Waals surface area (Å²) >= 11 is 2.43. The van der Waals surface area contributed by atoms with E-state index in [1.807, 2.05) is 0 Å². The van der Waals surface area contributed by atoms with Crippen LogP contribution in [0.4, 0.5) is 9.93 Å². The number of carboxylic acid groups (broad SMARTS) is 1. The monoisotopic (exact) mass is 382 g/mol. The van der Waals surface area contributed by atoms with Crippen molar-refractivity contribution in [1.29, 1.82) is 5.26 Å². The molecule has 0 bridgehead atoms. The molecule has 1 aliphatic carbocycles. The number of carbonyl (C=O) groups excluding carboxylic acids is 1. The Morgan fingerprint density at radius 1 is 1.48 bits per heavy atom. The second-order valence-electron chi connectivity index (χ2n) is 6.11. The van der Waals surface area contributed by atoms with Crippen LogP contribution in [0, 0.1) is 17.2 Å². The first-order valence-corrected chi connectivity index (χ1v) is 10.0. The zero-order valence-corrected chi connectivity index (χ0v) is 15.7. The highest BCUT2D eigenvalue weighted by Gasteiger charge is 2.27. The van der Waals surface area contributed by atoms with E-state index in [4.69, 9.17) is 10.4 Å². The molecule has 0 radical (unpaired) electrons. The molecule has 1 aromatic rings. The van der Waals surface area contributed by atoms with Gasteiger partial charge < -0.3 is 10.0 Å². The highest BCUT2D eigenvalue weighted by molar-refractivity contribution is 8.01. The second kappa shape index (κ2) is 9.63. The molecule has 0 saturated heterocycles. The molecule has 1 saturated carbocycles. The molecule has 0 aliphatic heterocycles. The molecule has 2 amide bonds. The van der Waals surface area contributed by atoms with Gasteiger partial charge in [0.05, 0.1) is 28.6 Å². The summed E-state index contributed by atoms with van der Waals surface area (Å²) in [6.07, 6.45) is 5.96. The number of rotatable bonds is 7. The van der Waals surface area contributed by atoms with Crippen LogP contribution < -0.4 is 5.32 Å². The summed E-state index contributed by atoms with van der Waals surface area (Å²) in [6.45, 7) is 2.63. The van der Waals surface area contributed by atoms with Crippen LogP contribution in [0.2, 0.25) is 0 Å². The molecule has 0 atom stereocenters. The predicted octanol–water partition coefficient (Wildman–Crippen LogP) is 3.65. The van der Waals surface area contributed by atoms with Gasteiger partial charge in [0, 0.05) is 12.6 Å². The third-order valence-corrected chi connectivity index (χ3v) is 6.28. The van der Waals surface area contributed by atoms with E-state index in [2.05, 4.69) is 23.3 Å². The lowest BCUT2D eigenvalue weighted by atomic mass is 9.86. The number of urea groups is 1. The molecule has 25 heavy (non-hydrogen) atoms. The summed E-state index contributed by atoms with van der Waals surface area (Å²) in [5, 5.41) is 20.8. The number of hydrogen-bond donors (Lipinski definition) is 2. The number of thiazole rings is 1. The number of nitrogens with one attached hydrogen (secondary N) is 1. The Hall–Kier alpha value is -1.79. The Kier molecular flexibility index (Phi) is 7.52. The van der Waals surface area contributed by atoms with E-state index in [1.165, 1.54) is 23.1 Å². The van der Waals surface area contributed by atoms with Crippen molar-refractivity contribution in [2.75, 3.05) is 17.6 Å². The second-order valence-corrected chi connectivity index (χ2v) is 8.42. The van der Waals surface area contributed by atoms with Crippen molar-refractivity contribution in [2.24, 2.45) is 5.92 Å². The summed E-state index contributed by atoms with van der Waals surface area (Å²) in [4.78, 5) is 29.1. The zero-order valence-electron chi connectivity index (χ0n) is 14.1. The van der Waals surface area contributed by atoms with Crippen molar-refractivity contribution in [2.45, 2.75) is 49.3 Å². The maximum atomic E-state index is 12.6. The highest BCUT2D eigenvalue weighted by atomic mass is 32.2. The SMILES string of the molecule is CC1CCC(N(CCC#N)C(=O)Nc2ncc(SCC(=O)O)s2)CC1. The van der Waals surface area contributed by atoms with E-state index in [0.29, 0.717) is 24.0 Å². The van der Waals surface area contributed by atoms with Gasteiger partial charge in [0.1, 0.15) is 0 Å². The first-order valence-electron chi connectivity index (χ1n) is 8.24. The van der Waals surface area contributed by atoms with Gasteiger partial charge in [0.25, 0.3) is 0 Å². The number of carboxylic acids is 1. The predicted molar refractivity (Wildman–Crippen MR) is 97.8 cm³/mol. The van der Waals surface area contributed by atoms with Gasteiger partial charge in [-0.1, -0.05) is 18.3 Å². The van der Waals surface area contributed by atoms with Crippen molar-refractivity contribution in [1.82, 2.24) is 9.88 Å². The number of thioether (sulfide) groups is 1. The Morgan fingerprint density at radius 2 is 2.20 bits per heavy atom. The average molecular weight is 383 g/mol. The van der Waals surface area contributed by atoms with Gasteiger partial charge >= 0.3 is 12.0 Å². The van der Waals surface area contributed by atoms with Crippen molar-refractivity contribution < 1.29 is 14.7 Å². The third kappa shape index (κ3) is 6.21. The summed E-state index contributed by atoms with van der Waals surface area (Å²) in [7, 11) is 0. The van der Waals surface area contributed by atoms with Crippen molar-refractivity contribution >= 4 is 40.2 Å². The Balaban J connectivity index is 1.96. The van der Waals surface area contributed by atoms with Crippen LogP contribution in [0.25, 0.3) is 0 Å². The number of anilines is 1. The van der Waals surface area contributed by atoms with Crippen molar-refractivity contribution in [3.63, 3.8) is 0 Å². The molecular weight excluding hydrogens is 360 g/mol. The molecule has 7 nitrogen and oxygen atoms in total. The number of aliphatic carboxylic acids is 1. The minimum Gasteiger partial charge on any atom is -0.481 e. The fraction of sp³-hybridized carbons (Fsp3) is 0.625. The van der Waals surface area contributed by atoms with Gasteiger partial charge in [0.2, 0.25) is 0 Å². The van der Waals surface area contributed by atoms with Crippen LogP contribution in [-0.4, -0.2) is 45.3 Å². The van der Waals surface area contributed by atoms with E-state index in [9.17, 15) is 9.59 Å². The van der Waals surface area contributed by atoms with Gasteiger partial charge in [-0.15, -0.1) is 11.8 Å². The van der Waals surface area contributed by atoms with Crippen LogP contribution >= 0.6 is 23.1 Å². The maximum absolute atomic E-state index is 12.6. The summed E-state index contributed by atoms with van der Waals surface area (Å²) < 4.78 is 0.743. The van der Waals surface area contributed by atoms with Gasteiger partial charge in [-0.05, 0) is 31.6 Å². The van der Waals surface area contributed by atoms with E-state index in [1.54, 1.807) is 11.1 Å².